The van der Waals surface area contributed by atoms with Gasteiger partial charge in [0, 0.05) is 18.2 Å². The van der Waals surface area contributed by atoms with Gasteiger partial charge in [-0.05, 0) is 44.7 Å². The maximum absolute atomic E-state index is 5.71. The molecular formula is C15H26N2O. The molecular weight excluding hydrogens is 224 g/mol. The molecule has 0 amide bonds. The molecule has 1 aliphatic carbocycles. The second-order valence-electron chi connectivity index (χ2n) is 5.57. The molecule has 0 bridgehead atoms. The van der Waals surface area contributed by atoms with Crippen molar-refractivity contribution in [3.8, 4) is 0 Å². The van der Waals surface area contributed by atoms with Crippen LogP contribution in [0.25, 0.3) is 0 Å². The van der Waals surface area contributed by atoms with Gasteiger partial charge in [-0.15, -0.1) is 0 Å². The molecule has 2 rings (SSSR count). The lowest BCUT2D eigenvalue weighted by Gasteiger charge is -2.34. The molecule has 1 heterocycles. The number of nitrogens with two attached hydrogens (primary N) is 1. The van der Waals surface area contributed by atoms with Crippen LogP contribution in [0.1, 0.15) is 50.4 Å². The van der Waals surface area contributed by atoms with Crippen LogP contribution in [0, 0.1) is 5.92 Å². The van der Waals surface area contributed by atoms with E-state index in [-0.39, 0.29) is 0 Å². The third kappa shape index (κ3) is 3.15. The molecule has 0 spiro atoms. The summed E-state index contributed by atoms with van der Waals surface area (Å²) in [6.45, 7) is 3.77. The number of furan rings is 1. The van der Waals surface area contributed by atoms with Crippen LogP contribution in [0.4, 0.5) is 0 Å². The Bertz CT molecular complexity index is 353. The molecule has 18 heavy (non-hydrogen) atoms. The van der Waals surface area contributed by atoms with Crippen molar-refractivity contribution in [1.29, 1.82) is 0 Å². The van der Waals surface area contributed by atoms with Crippen LogP contribution in [0.2, 0.25) is 0 Å². The van der Waals surface area contributed by atoms with E-state index in [1.807, 2.05) is 6.07 Å². The van der Waals surface area contributed by atoms with Crippen molar-refractivity contribution < 1.29 is 4.42 Å². The summed E-state index contributed by atoms with van der Waals surface area (Å²) in [5.41, 5.74) is 6.85. The van der Waals surface area contributed by atoms with Crippen molar-refractivity contribution in [2.75, 3.05) is 7.05 Å². The molecule has 3 nitrogen and oxygen atoms in total. The van der Waals surface area contributed by atoms with Crippen molar-refractivity contribution in [1.82, 2.24) is 4.90 Å². The third-order valence-corrected chi connectivity index (χ3v) is 4.47. The predicted molar refractivity (Wildman–Crippen MR) is 74.1 cm³/mol. The zero-order chi connectivity index (χ0) is 13.0. The topological polar surface area (TPSA) is 42.4 Å². The SMILES string of the molecule is CCC1CCC(N(C)Cc2occc2CN)CC1. The summed E-state index contributed by atoms with van der Waals surface area (Å²) >= 11 is 0. The van der Waals surface area contributed by atoms with E-state index < -0.39 is 0 Å². The molecule has 1 saturated carbocycles. The summed E-state index contributed by atoms with van der Waals surface area (Å²) in [5.74, 6) is 2.00. The average molecular weight is 250 g/mol. The third-order valence-electron chi connectivity index (χ3n) is 4.47. The number of rotatable bonds is 5. The van der Waals surface area contributed by atoms with E-state index in [9.17, 15) is 0 Å². The lowest BCUT2D eigenvalue weighted by atomic mass is 9.84. The Balaban J connectivity index is 1.87. The Labute approximate surface area is 110 Å². The van der Waals surface area contributed by atoms with Crippen LogP contribution in [0.5, 0.6) is 0 Å². The highest BCUT2D eigenvalue weighted by atomic mass is 16.3. The first-order valence-electron chi connectivity index (χ1n) is 7.20. The fraction of sp³-hybridized carbons (Fsp3) is 0.733. The first-order valence-corrected chi connectivity index (χ1v) is 7.20. The molecule has 3 heteroatoms. The normalized spacial score (nSPS) is 24.7. The number of nitrogens with zero attached hydrogens (tertiary/aromatic N) is 1. The van der Waals surface area contributed by atoms with Gasteiger partial charge in [0.2, 0.25) is 0 Å². The number of hydrogen-bond donors (Lipinski definition) is 1. The highest BCUT2D eigenvalue weighted by molar-refractivity contribution is 5.16. The molecule has 0 unspecified atom stereocenters. The lowest BCUT2D eigenvalue weighted by Crippen LogP contribution is -2.34. The molecule has 1 aromatic rings. The summed E-state index contributed by atoms with van der Waals surface area (Å²) in [5, 5.41) is 0. The van der Waals surface area contributed by atoms with E-state index in [0.717, 1.165) is 23.8 Å². The van der Waals surface area contributed by atoms with Gasteiger partial charge >= 0.3 is 0 Å². The van der Waals surface area contributed by atoms with Crippen LogP contribution in [-0.2, 0) is 13.1 Å². The van der Waals surface area contributed by atoms with Gasteiger partial charge in [0.15, 0.2) is 0 Å². The van der Waals surface area contributed by atoms with E-state index in [2.05, 4.69) is 18.9 Å². The van der Waals surface area contributed by atoms with Crippen LogP contribution in [-0.4, -0.2) is 18.0 Å². The van der Waals surface area contributed by atoms with Gasteiger partial charge in [-0.2, -0.15) is 0 Å². The largest absolute Gasteiger partial charge is 0.468 e. The molecule has 1 aliphatic rings. The van der Waals surface area contributed by atoms with E-state index in [0.29, 0.717) is 12.6 Å². The molecule has 0 atom stereocenters. The van der Waals surface area contributed by atoms with Crippen molar-refractivity contribution in [3.05, 3.63) is 23.7 Å². The smallest absolute Gasteiger partial charge is 0.122 e. The Hall–Kier alpha value is -0.800. The molecule has 0 radical (unpaired) electrons. The second kappa shape index (κ2) is 6.39. The standard InChI is InChI=1S/C15H26N2O/c1-3-12-4-6-14(7-5-12)17(2)11-15-13(10-16)8-9-18-15/h8-9,12,14H,3-7,10-11,16H2,1-2H3. The summed E-state index contributed by atoms with van der Waals surface area (Å²) in [6.07, 6.45) is 8.51. The van der Waals surface area contributed by atoms with Gasteiger partial charge in [-0.25, -0.2) is 0 Å². The van der Waals surface area contributed by atoms with Gasteiger partial charge in [0.05, 0.1) is 12.8 Å². The van der Waals surface area contributed by atoms with E-state index in [1.54, 1.807) is 6.26 Å². The second-order valence-corrected chi connectivity index (χ2v) is 5.57. The zero-order valence-electron chi connectivity index (χ0n) is 11.7. The van der Waals surface area contributed by atoms with Crippen molar-refractivity contribution in [2.24, 2.45) is 11.7 Å². The summed E-state index contributed by atoms with van der Waals surface area (Å²) < 4.78 is 5.54. The lowest BCUT2D eigenvalue weighted by molar-refractivity contribution is 0.148. The fourth-order valence-corrected chi connectivity index (χ4v) is 3.04. The first kappa shape index (κ1) is 13.6. The molecule has 1 aromatic heterocycles. The Morgan fingerprint density at radius 1 is 1.33 bits per heavy atom. The zero-order valence-corrected chi connectivity index (χ0v) is 11.7. The monoisotopic (exact) mass is 250 g/mol. The first-order chi connectivity index (χ1) is 8.74. The molecule has 1 fully saturated rings. The van der Waals surface area contributed by atoms with Gasteiger partial charge in [-0.3, -0.25) is 4.90 Å². The van der Waals surface area contributed by atoms with Crippen LogP contribution < -0.4 is 5.73 Å². The van der Waals surface area contributed by atoms with Crippen LogP contribution in [0.15, 0.2) is 16.7 Å². The minimum atomic E-state index is 0.572. The Morgan fingerprint density at radius 3 is 2.67 bits per heavy atom. The Morgan fingerprint density at radius 2 is 2.06 bits per heavy atom. The van der Waals surface area contributed by atoms with Gasteiger partial charge in [0.25, 0.3) is 0 Å². The summed E-state index contributed by atoms with van der Waals surface area (Å²) in [6, 6.07) is 2.69. The number of hydrogen-bond acceptors (Lipinski definition) is 3. The fourth-order valence-electron chi connectivity index (χ4n) is 3.04. The minimum absolute atomic E-state index is 0.572. The van der Waals surface area contributed by atoms with Gasteiger partial charge in [-0.1, -0.05) is 13.3 Å². The summed E-state index contributed by atoms with van der Waals surface area (Å²) in [4.78, 5) is 2.43. The van der Waals surface area contributed by atoms with Crippen LogP contribution >= 0.6 is 0 Å². The quantitative estimate of drug-likeness (QED) is 0.873. The molecule has 2 N–H and O–H groups in total. The van der Waals surface area contributed by atoms with Gasteiger partial charge < -0.3 is 10.2 Å². The van der Waals surface area contributed by atoms with Crippen molar-refractivity contribution in [2.45, 2.75) is 58.2 Å². The molecule has 0 aromatic carbocycles. The molecule has 0 saturated heterocycles. The maximum atomic E-state index is 5.71. The van der Waals surface area contributed by atoms with E-state index in [1.165, 1.54) is 32.1 Å². The minimum Gasteiger partial charge on any atom is -0.468 e. The molecule has 0 aliphatic heterocycles. The van der Waals surface area contributed by atoms with E-state index in [4.69, 9.17) is 10.2 Å². The van der Waals surface area contributed by atoms with Crippen molar-refractivity contribution in [3.63, 3.8) is 0 Å². The van der Waals surface area contributed by atoms with Gasteiger partial charge in [0.1, 0.15) is 5.76 Å². The predicted octanol–water partition coefficient (Wildman–Crippen LogP) is 3.14. The highest BCUT2D eigenvalue weighted by Gasteiger charge is 2.23. The average Bonchev–Trinajstić information content (AvgIpc) is 2.86. The highest BCUT2D eigenvalue weighted by Crippen LogP contribution is 2.29. The van der Waals surface area contributed by atoms with Crippen LogP contribution in [0.3, 0.4) is 0 Å². The maximum Gasteiger partial charge on any atom is 0.122 e. The Kier molecular flexibility index (Phi) is 4.84. The van der Waals surface area contributed by atoms with Crippen molar-refractivity contribution >= 4 is 0 Å². The summed E-state index contributed by atoms with van der Waals surface area (Å²) in [7, 11) is 2.21. The van der Waals surface area contributed by atoms with E-state index >= 15 is 0 Å². The molecule has 102 valence electrons.